The molecule has 1 amide bonds. The second-order valence-corrected chi connectivity index (χ2v) is 7.59. The van der Waals surface area contributed by atoms with Gasteiger partial charge in [0, 0.05) is 25.5 Å². The Morgan fingerprint density at radius 2 is 2.08 bits per heavy atom. The summed E-state index contributed by atoms with van der Waals surface area (Å²) in [6.07, 6.45) is 3.54. The number of aromatic nitrogens is 3. The van der Waals surface area contributed by atoms with Crippen molar-refractivity contribution in [2.24, 2.45) is 0 Å². The predicted octanol–water partition coefficient (Wildman–Crippen LogP) is 3.56. The lowest BCUT2D eigenvalue weighted by Gasteiger charge is -2.23. The largest absolute Gasteiger partial charge is 0.333 e. The van der Waals surface area contributed by atoms with Gasteiger partial charge in [-0.25, -0.2) is 0 Å². The molecule has 0 bridgehead atoms. The molecule has 2 aromatic heterocycles. The number of benzene rings is 1. The number of amides is 1. The van der Waals surface area contributed by atoms with Crippen LogP contribution in [0.5, 0.6) is 0 Å². The Bertz CT molecular complexity index is 809. The zero-order valence-corrected chi connectivity index (χ0v) is 15.5. The number of hydrogen-bond donors (Lipinski definition) is 0. The zero-order chi connectivity index (χ0) is 17.5. The molecule has 25 heavy (non-hydrogen) atoms. The molecule has 0 aliphatic rings. The molecule has 0 aliphatic carbocycles. The van der Waals surface area contributed by atoms with Crippen LogP contribution in [0.15, 0.2) is 58.6 Å². The van der Waals surface area contributed by atoms with Gasteiger partial charge >= 0.3 is 0 Å². The van der Waals surface area contributed by atoms with Crippen molar-refractivity contribution >= 4 is 29.0 Å². The summed E-state index contributed by atoms with van der Waals surface area (Å²) in [5.74, 6) is 0.425. The normalized spacial score (nSPS) is 10.6. The van der Waals surface area contributed by atoms with Crippen LogP contribution in [-0.2, 0) is 17.9 Å². The average molecular weight is 371 g/mol. The van der Waals surface area contributed by atoms with E-state index in [1.54, 1.807) is 17.9 Å². The molecule has 7 heteroatoms. The van der Waals surface area contributed by atoms with E-state index in [2.05, 4.69) is 34.2 Å². The van der Waals surface area contributed by atoms with Crippen LogP contribution in [0.1, 0.15) is 16.7 Å². The van der Waals surface area contributed by atoms with Crippen LogP contribution >= 0.6 is 23.1 Å². The van der Waals surface area contributed by atoms with Gasteiger partial charge < -0.3 is 4.90 Å². The molecule has 0 aliphatic heterocycles. The van der Waals surface area contributed by atoms with Gasteiger partial charge in [-0.05, 0) is 29.7 Å². The monoisotopic (exact) mass is 370 g/mol. The molecular formula is C18H18N4OS2. The van der Waals surface area contributed by atoms with Gasteiger partial charge in [-0.3, -0.25) is 9.78 Å². The summed E-state index contributed by atoms with van der Waals surface area (Å²) in [5.41, 5.74) is 5.03. The summed E-state index contributed by atoms with van der Waals surface area (Å²) in [6, 6.07) is 12.0. The third-order valence-corrected chi connectivity index (χ3v) is 5.58. The minimum absolute atomic E-state index is 0.0762. The molecule has 0 atom stereocenters. The zero-order valence-electron chi connectivity index (χ0n) is 13.8. The van der Waals surface area contributed by atoms with Crippen LogP contribution in [-0.4, -0.2) is 31.7 Å². The predicted molar refractivity (Wildman–Crippen MR) is 100 cm³/mol. The molecule has 0 saturated heterocycles. The van der Waals surface area contributed by atoms with Gasteiger partial charge in [-0.2, -0.15) is 0 Å². The van der Waals surface area contributed by atoms with Crippen molar-refractivity contribution in [2.45, 2.75) is 24.4 Å². The van der Waals surface area contributed by atoms with E-state index in [1.165, 1.54) is 28.7 Å². The van der Waals surface area contributed by atoms with E-state index in [0.29, 0.717) is 18.8 Å². The first-order chi connectivity index (χ1) is 12.2. The first-order valence-corrected chi connectivity index (χ1v) is 9.69. The Morgan fingerprint density at radius 1 is 1.20 bits per heavy atom. The van der Waals surface area contributed by atoms with Gasteiger partial charge in [0.2, 0.25) is 5.91 Å². The standard InChI is InChI=1S/C18H18N4OS2/c1-14-5-2-3-7-16(14)11-22(10-15-6-4-8-19-9-15)17(23)12-24-18-21-20-13-25-18/h2-9,13H,10-12H2,1H3. The van der Waals surface area contributed by atoms with Crippen molar-refractivity contribution in [2.75, 3.05) is 5.75 Å². The van der Waals surface area contributed by atoms with Crippen molar-refractivity contribution in [1.29, 1.82) is 0 Å². The van der Waals surface area contributed by atoms with Gasteiger partial charge in [0.1, 0.15) is 5.51 Å². The van der Waals surface area contributed by atoms with Crippen LogP contribution in [0, 0.1) is 6.92 Å². The lowest BCUT2D eigenvalue weighted by molar-refractivity contribution is -0.129. The smallest absolute Gasteiger partial charge is 0.233 e. The molecule has 0 unspecified atom stereocenters. The second kappa shape index (κ2) is 8.73. The van der Waals surface area contributed by atoms with Crippen molar-refractivity contribution in [3.63, 3.8) is 0 Å². The molecule has 0 radical (unpaired) electrons. The molecule has 3 rings (SSSR count). The van der Waals surface area contributed by atoms with Crippen molar-refractivity contribution in [3.8, 4) is 0 Å². The number of carbonyl (C=O) groups excluding carboxylic acids is 1. The molecular weight excluding hydrogens is 352 g/mol. The molecule has 128 valence electrons. The Hall–Kier alpha value is -2.25. The van der Waals surface area contributed by atoms with Gasteiger partial charge in [0.15, 0.2) is 4.34 Å². The summed E-state index contributed by atoms with van der Waals surface area (Å²) >= 11 is 2.87. The Kier molecular flexibility index (Phi) is 6.14. The third kappa shape index (κ3) is 5.11. The van der Waals surface area contributed by atoms with Crippen LogP contribution in [0.2, 0.25) is 0 Å². The van der Waals surface area contributed by atoms with E-state index in [0.717, 1.165) is 15.5 Å². The number of rotatable bonds is 7. The molecule has 2 heterocycles. The third-order valence-electron chi connectivity index (χ3n) is 3.73. The summed E-state index contributed by atoms with van der Waals surface area (Å²) in [7, 11) is 0. The van der Waals surface area contributed by atoms with E-state index >= 15 is 0 Å². The molecule has 3 aromatic rings. The number of nitrogens with zero attached hydrogens (tertiary/aromatic N) is 4. The Labute approximate surface area is 155 Å². The second-order valence-electron chi connectivity index (χ2n) is 5.53. The molecule has 5 nitrogen and oxygen atoms in total. The fourth-order valence-electron chi connectivity index (χ4n) is 2.38. The molecule has 0 spiro atoms. The Morgan fingerprint density at radius 3 is 2.80 bits per heavy atom. The van der Waals surface area contributed by atoms with Crippen molar-refractivity contribution in [3.05, 3.63) is 71.0 Å². The summed E-state index contributed by atoms with van der Waals surface area (Å²) in [5, 5.41) is 7.79. The average Bonchev–Trinajstić information content (AvgIpc) is 3.15. The van der Waals surface area contributed by atoms with Crippen LogP contribution in [0.3, 0.4) is 0 Å². The molecule has 0 N–H and O–H groups in total. The van der Waals surface area contributed by atoms with Gasteiger partial charge in [-0.1, -0.05) is 53.4 Å². The summed E-state index contributed by atoms with van der Waals surface area (Å²) < 4.78 is 0.811. The first kappa shape index (κ1) is 17.6. The number of pyridine rings is 1. The van der Waals surface area contributed by atoms with Crippen LogP contribution < -0.4 is 0 Å². The highest BCUT2D eigenvalue weighted by atomic mass is 32.2. The van der Waals surface area contributed by atoms with E-state index in [9.17, 15) is 4.79 Å². The fourth-order valence-corrected chi connectivity index (χ4v) is 3.77. The molecule has 0 fully saturated rings. The van der Waals surface area contributed by atoms with Gasteiger partial charge in [0.05, 0.1) is 5.75 Å². The summed E-state index contributed by atoms with van der Waals surface area (Å²) in [6.45, 7) is 3.19. The highest BCUT2D eigenvalue weighted by Gasteiger charge is 2.16. The van der Waals surface area contributed by atoms with Crippen molar-refractivity contribution < 1.29 is 4.79 Å². The first-order valence-electron chi connectivity index (χ1n) is 7.82. The highest BCUT2D eigenvalue weighted by Crippen LogP contribution is 2.21. The lowest BCUT2D eigenvalue weighted by Crippen LogP contribution is -2.31. The Balaban J connectivity index is 1.73. The lowest BCUT2D eigenvalue weighted by atomic mass is 10.1. The van der Waals surface area contributed by atoms with Crippen LogP contribution in [0.4, 0.5) is 0 Å². The maximum absolute atomic E-state index is 12.8. The fraction of sp³-hybridized carbons (Fsp3) is 0.222. The number of aryl methyl sites for hydroxylation is 1. The van der Waals surface area contributed by atoms with Gasteiger partial charge in [-0.15, -0.1) is 10.2 Å². The van der Waals surface area contributed by atoms with Gasteiger partial charge in [0.25, 0.3) is 0 Å². The number of carbonyl (C=O) groups is 1. The van der Waals surface area contributed by atoms with E-state index in [4.69, 9.17) is 0 Å². The maximum atomic E-state index is 12.8. The quantitative estimate of drug-likeness (QED) is 0.595. The topological polar surface area (TPSA) is 59.0 Å². The highest BCUT2D eigenvalue weighted by molar-refractivity contribution is 8.01. The minimum Gasteiger partial charge on any atom is -0.333 e. The van der Waals surface area contributed by atoms with Crippen molar-refractivity contribution in [1.82, 2.24) is 20.1 Å². The van der Waals surface area contributed by atoms with Crippen LogP contribution in [0.25, 0.3) is 0 Å². The van der Waals surface area contributed by atoms with E-state index in [-0.39, 0.29) is 5.91 Å². The number of hydrogen-bond acceptors (Lipinski definition) is 6. The minimum atomic E-state index is 0.0762. The summed E-state index contributed by atoms with van der Waals surface area (Å²) in [4.78, 5) is 18.8. The molecule has 0 saturated carbocycles. The maximum Gasteiger partial charge on any atom is 0.233 e. The van der Waals surface area contributed by atoms with E-state index in [1.807, 2.05) is 29.2 Å². The molecule has 1 aromatic carbocycles. The SMILES string of the molecule is Cc1ccccc1CN(Cc1cccnc1)C(=O)CSc1nncs1. The van der Waals surface area contributed by atoms with E-state index < -0.39 is 0 Å². The number of thioether (sulfide) groups is 1.